The van der Waals surface area contributed by atoms with E-state index in [1.807, 2.05) is 26.0 Å². The summed E-state index contributed by atoms with van der Waals surface area (Å²) in [7, 11) is 4.66. The molecule has 1 aromatic carbocycles. The van der Waals surface area contributed by atoms with Gasteiger partial charge in [-0.2, -0.15) is 0 Å². The van der Waals surface area contributed by atoms with Gasteiger partial charge < -0.3 is 29.0 Å². The van der Waals surface area contributed by atoms with E-state index in [0.29, 0.717) is 58.4 Å². The molecule has 0 unspecified atom stereocenters. The highest BCUT2D eigenvalue weighted by Gasteiger charge is 2.25. The number of carbonyl (C=O) groups excluding carboxylic acids is 2. The number of ether oxygens (including phenoxy) is 5. The second kappa shape index (κ2) is 13.4. The van der Waals surface area contributed by atoms with Crippen LogP contribution in [0.1, 0.15) is 60.2 Å². The molecule has 3 rings (SSSR count). The smallest absolute Gasteiger partial charge is 0.338 e. The molecule has 0 atom stereocenters. The van der Waals surface area contributed by atoms with Crippen LogP contribution in [0.5, 0.6) is 17.2 Å². The third-order valence-corrected chi connectivity index (χ3v) is 5.87. The standard InChI is InChI=1S/C29H35NO7/c1-6-8-14-36-28(31)23-18-24(29(32)37-15-9-7-2)22-13-11-19(10-12-21(22)23)30-20-16-25(33-3)27(35-5)26(17-20)34-4/h10-13,16-18,30H,6-9,14-15H2,1-5H3. The lowest BCUT2D eigenvalue weighted by atomic mass is 10.1. The van der Waals surface area contributed by atoms with Crippen LogP contribution >= 0.6 is 0 Å². The van der Waals surface area contributed by atoms with Gasteiger partial charge in [-0.1, -0.05) is 38.8 Å². The lowest BCUT2D eigenvalue weighted by Crippen LogP contribution is -2.07. The van der Waals surface area contributed by atoms with Gasteiger partial charge in [-0.05, 0) is 42.2 Å². The van der Waals surface area contributed by atoms with Crippen LogP contribution in [0.4, 0.5) is 11.4 Å². The molecular formula is C29H35NO7. The first-order chi connectivity index (χ1) is 18.0. The summed E-state index contributed by atoms with van der Waals surface area (Å²) in [5.74, 6) is 0.591. The maximum absolute atomic E-state index is 12.9. The SMILES string of the molecule is CCCCOC(=O)c1cc(C(=O)OCCCC)c2ccc(Nc3cc(OC)c(OC)c(OC)c3)ccc1-2. The summed E-state index contributed by atoms with van der Waals surface area (Å²) in [6.07, 6.45) is 3.36. The van der Waals surface area contributed by atoms with Gasteiger partial charge in [0.1, 0.15) is 0 Å². The van der Waals surface area contributed by atoms with Gasteiger partial charge in [0, 0.05) is 23.5 Å². The fourth-order valence-electron chi connectivity index (χ4n) is 3.87. The minimum atomic E-state index is -0.462. The molecule has 0 fully saturated rings. The zero-order valence-electron chi connectivity index (χ0n) is 22.1. The fourth-order valence-corrected chi connectivity index (χ4v) is 3.87. The molecule has 37 heavy (non-hydrogen) atoms. The Morgan fingerprint density at radius 3 is 1.57 bits per heavy atom. The van der Waals surface area contributed by atoms with Gasteiger partial charge in [-0.3, -0.25) is 0 Å². The van der Waals surface area contributed by atoms with Crippen LogP contribution in [-0.2, 0) is 9.47 Å². The quantitative estimate of drug-likeness (QED) is 0.207. The van der Waals surface area contributed by atoms with Gasteiger partial charge in [-0.25, -0.2) is 9.59 Å². The van der Waals surface area contributed by atoms with Gasteiger partial charge in [0.25, 0.3) is 0 Å². The number of rotatable bonds is 13. The first-order valence-electron chi connectivity index (χ1n) is 12.4. The topological polar surface area (TPSA) is 92.3 Å². The Morgan fingerprint density at radius 1 is 0.676 bits per heavy atom. The van der Waals surface area contributed by atoms with Crippen molar-refractivity contribution in [1.82, 2.24) is 0 Å². The van der Waals surface area contributed by atoms with Crippen LogP contribution in [0, 0.1) is 0 Å². The predicted octanol–water partition coefficient (Wildman–Crippen LogP) is 6.47. The number of hydrogen-bond acceptors (Lipinski definition) is 8. The molecule has 0 aromatic heterocycles. The highest BCUT2D eigenvalue weighted by Crippen LogP contribution is 2.41. The van der Waals surface area contributed by atoms with E-state index in [9.17, 15) is 9.59 Å². The maximum Gasteiger partial charge on any atom is 0.338 e. The fraction of sp³-hybridized carbons (Fsp3) is 0.379. The number of fused-ring (bicyclic) bond motifs is 1. The van der Waals surface area contributed by atoms with Crippen molar-refractivity contribution in [2.45, 2.75) is 39.5 Å². The van der Waals surface area contributed by atoms with Crippen molar-refractivity contribution in [1.29, 1.82) is 0 Å². The Hall–Kier alpha value is -3.94. The molecule has 0 amide bonds. The summed E-state index contributed by atoms with van der Waals surface area (Å²) in [5, 5.41) is 3.32. The Bertz CT molecular complexity index is 1110. The molecule has 8 nitrogen and oxygen atoms in total. The Kier molecular flexibility index (Phi) is 10.0. The van der Waals surface area contributed by atoms with Crippen molar-refractivity contribution in [2.75, 3.05) is 39.9 Å². The number of nitrogens with one attached hydrogen (secondary N) is 1. The van der Waals surface area contributed by atoms with Gasteiger partial charge >= 0.3 is 11.9 Å². The van der Waals surface area contributed by atoms with Crippen LogP contribution in [-0.4, -0.2) is 46.5 Å². The molecular weight excluding hydrogens is 474 g/mol. The van der Waals surface area contributed by atoms with E-state index in [1.54, 1.807) is 51.7 Å². The second-order valence-electron chi connectivity index (χ2n) is 8.44. The highest BCUT2D eigenvalue weighted by molar-refractivity contribution is 6.08. The van der Waals surface area contributed by atoms with Gasteiger partial charge in [0.15, 0.2) is 11.5 Å². The number of hydrogen-bond donors (Lipinski definition) is 1. The van der Waals surface area contributed by atoms with Crippen LogP contribution in [0.3, 0.4) is 0 Å². The lowest BCUT2D eigenvalue weighted by Gasteiger charge is -2.14. The molecule has 198 valence electrons. The van der Waals surface area contributed by atoms with Crippen molar-refractivity contribution in [3.63, 3.8) is 0 Å². The molecule has 8 heteroatoms. The van der Waals surface area contributed by atoms with Crippen LogP contribution < -0.4 is 19.5 Å². The summed E-state index contributed by atoms with van der Waals surface area (Å²) in [5.41, 5.74) is 3.33. The molecule has 0 aliphatic heterocycles. The van der Waals surface area contributed by atoms with E-state index < -0.39 is 11.9 Å². The zero-order chi connectivity index (χ0) is 26.8. The first-order valence-corrected chi connectivity index (χ1v) is 12.4. The van der Waals surface area contributed by atoms with E-state index in [4.69, 9.17) is 23.7 Å². The maximum atomic E-state index is 12.9. The van der Waals surface area contributed by atoms with E-state index in [2.05, 4.69) is 5.32 Å². The van der Waals surface area contributed by atoms with Crippen molar-refractivity contribution in [3.05, 3.63) is 53.6 Å². The second-order valence-corrected chi connectivity index (χ2v) is 8.44. The summed E-state index contributed by atoms with van der Waals surface area (Å²) in [6, 6.07) is 12.4. The molecule has 1 N–H and O–H groups in total. The number of benzene rings is 1. The molecule has 2 aliphatic carbocycles. The summed E-state index contributed by atoms with van der Waals surface area (Å²) in [4.78, 5) is 25.8. The number of unbranched alkanes of at least 4 members (excludes halogenated alkanes) is 2. The van der Waals surface area contributed by atoms with Crippen LogP contribution in [0.15, 0.2) is 42.5 Å². The van der Waals surface area contributed by atoms with Gasteiger partial charge in [0.05, 0.1) is 45.7 Å². The number of anilines is 2. The van der Waals surface area contributed by atoms with Crippen molar-refractivity contribution >= 4 is 23.3 Å². The van der Waals surface area contributed by atoms with E-state index in [-0.39, 0.29) is 0 Å². The Labute approximate surface area is 218 Å². The van der Waals surface area contributed by atoms with Crippen molar-refractivity contribution in [2.24, 2.45) is 0 Å². The molecule has 0 radical (unpaired) electrons. The minimum absolute atomic E-state index is 0.325. The van der Waals surface area contributed by atoms with E-state index in [1.165, 1.54) is 0 Å². The Morgan fingerprint density at radius 2 is 1.16 bits per heavy atom. The monoisotopic (exact) mass is 509 g/mol. The minimum Gasteiger partial charge on any atom is -0.493 e. The first kappa shape index (κ1) is 27.6. The third kappa shape index (κ3) is 6.64. The van der Waals surface area contributed by atoms with Crippen LogP contribution in [0.25, 0.3) is 11.1 Å². The molecule has 0 spiro atoms. The van der Waals surface area contributed by atoms with Crippen molar-refractivity contribution in [3.8, 4) is 28.4 Å². The highest BCUT2D eigenvalue weighted by atomic mass is 16.5. The summed E-state index contributed by atoms with van der Waals surface area (Å²) < 4.78 is 27.2. The van der Waals surface area contributed by atoms with Gasteiger partial charge in [0.2, 0.25) is 5.75 Å². The molecule has 0 saturated heterocycles. The van der Waals surface area contributed by atoms with Crippen LogP contribution in [0.2, 0.25) is 0 Å². The molecule has 2 aliphatic rings. The zero-order valence-corrected chi connectivity index (χ0v) is 22.1. The molecule has 0 heterocycles. The average molecular weight is 510 g/mol. The molecule has 0 bridgehead atoms. The van der Waals surface area contributed by atoms with E-state index >= 15 is 0 Å². The van der Waals surface area contributed by atoms with E-state index in [0.717, 1.165) is 31.4 Å². The van der Waals surface area contributed by atoms with Gasteiger partial charge in [-0.15, -0.1) is 0 Å². The van der Waals surface area contributed by atoms with Crippen molar-refractivity contribution < 1.29 is 33.3 Å². The number of esters is 2. The average Bonchev–Trinajstić information content (AvgIpc) is 3.16. The molecule has 0 saturated carbocycles. The predicted molar refractivity (Wildman–Crippen MR) is 143 cm³/mol. The Balaban J connectivity index is 2.00. The lowest BCUT2D eigenvalue weighted by molar-refractivity contribution is 0.0499. The third-order valence-electron chi connectivity index (χ3n) is 5.87. The number of carbonyl (C=O) groups is 2. The summed E-state index contributed by atoms with van der Waals surface area (Å²) >= 11 is 0. The number of methoxy groups -OCH3 is 3. The largest absolute Gasteiger partial charge is 0.493 e. The normalized spacial score (nSPS) is 10.6. The summed E-state index contributed by atoms with van der Waals surface area (Å²) in [6.45, 7) is 4.70. The molecule has 1 aromatic rings.